The molecule has 134 valence electrons. The van der Waals surface area contributed by atoms with E-state index in [1.807, 2.05) is 0 Å². The van der Waals surface area contributed by atoms with Crippen molar-refractivity contribution < 1.29 is 13.2 Å². The number of aromatic nitrogens is 4. The lowest BCUT2D eigenvalue weighted by atomic mass is 10.1. The first-order valence-electron chi connectivity index (χ1n) is 7.19. The molecule has 0 aliphatic heterocycles. The molecule has 0 aliphatic carbocycles. The maximum Gasteiger partial charge on any atom is 0.258 e. The number of sulfone groups is 1. The Morgan fingerprint density at radius 2 is 2.04 bits per heavy atom. The molecule has 0 saturated heterocycles. The normalized spacial score (nSPS) is 11.7. The molecule has 2 rings (SSSR count). The Morgan fingerprint density at radius 1 is 1.36 bits per heavy atom. The fraction of sp³-hybridized carbons (Fsp3) is 0.357. The predicted molar refractivity (Wildman–Crippen MR) is 92.9 cm³/mol. The molecule has 0 radical (unpaired) electrons. The van der Waals surface area contributed by atoms with E-state index >= 15 is 0 Å². The predicted octanol–water partition coefficient (Wildman–Crippen LogP) is 0.396. The maximum absolute atomic E-state index is 12.5. The number of tetrazole rings is 1. The minimum Gasteiger partial charge on any atom is -0.369 e. The lowest BCUT2D eigenvalue weighted by Gasteiger charge is -2.13. The molecule has 0 saturated carbocycles. The van der Waals surface area contributed by atoms with Crippen LogP contribution in [0.3, 0.4) is 0 Å². The molecule has 10 nitrogen and oxygen atoms in total. The van der Waals surface area contributed by atoms with Crippen LogP contribution in [0.5, 0.6) is 0 Å². The van der Waals surface area contributed by atoms with Gasteiger partial charge in [-0.3, -0.25) is 10.1 Å². The van der Waals surface area contributed by atoms with Crippen molar-refractivity contribution in [3.8, 4) is 0 Å². The second kappa shape index (κ2) is 6.97. The summed E-state index contributed by atoms with van der Waals surface area (Å²) in [7, 11) is 1.60. The molecule has 1 amide bonds. The average molecular weight is 365 g/mol. The second-order valence-corrected chi connectivity index (χ2v) is 7.63. The van der Waals surface area contributed by atoms with E-state index in [-0.39, 0.29) is 22.1 Å². The smallest absolute Gasteiger partial charge is 0.258 e. The third-order valence-corrected chi connectivity index (χ3v) is 4.43. The first kappa shape index (κ1) is 18.5. The van der Waals surface area contributed by atoms with Crippen LogP contribution in [-0.4, -0.2) is 66.1 Å². The Labute approximate surface area is 145 Å². The number of aliphatic imine (C=N–C) groups is 1. The average Bonchev–Trinajstić information content (AvgIpc) is 2.89. The molecule has 1 aromatic heterocycles. The number of carbonyl (C=O) groups is 1. The summed E-state index contributed by atoms with van der Waals surface area (Å²) in [5.74, 6) is -0.285. The number of amides is 1. The number of rotatable bonds is 5. The maximum atomic E-state index is 12.5. The van der Waals surface area contributed by atoms with Gasteiger partial charge in [-0.1, -0.05) is 5.10 Å². The number of benzene rings is 1. The molecular formula is C14H19N7O3S. The van der Waals surface area contributed by atoms with Gasteiger partial charge in [-0.25, -0.2) is 18.1 Å². The van der Waals surface area contributed by atoms with Crippen LogP contribution < -0.4 is 5.32 Å². The molecular weight excluding hydrogens is 346 g/mol. The molecule has 0 bridgehead atoms. The van der Waals surface area contributed by atoms with Gasteiger partial charge in [0.25, 0.3) is 5.91 Å². The fourth-order valence-electron chi connectivity index (χ4n) is 2.06. The van der Waals surface area contributed by atoms with E-state index in [9.17, 15) is 13.2 Å². The summed E-state index contributed by atoms with van der Waals surface area (Å²) in [6, 6.07) is 2.81. The highest BCUT2D eigenvalue weighted by Crippen LogP contribution is 2.31. The minimum absolute atomic E-state index is 0.0555. The van der Waals surface area contributed by atoms with Crippen molar-refractivity contribution in [2.75, 3.05) is 25.7 Å². The van der Waals surface area contributed by atoms with Gasteiger partial charge < -0.3 is 4.90 Å². The van der Waals surface area contributed by atoms with Gasteiger partial charge in [0.05, 0.1) is 16.9 Å². The van der Waals surface area contributed by atoms with E-state index in [1.54, 1.807) is 33.0 Å². The summed E-state index contributed by atoms with van der Waals surface area (Å²) in [6.07, 6.45) is 2.58. The van der Waals surface area contributed by atoms with Crippen LogP contribution in [0.2, 0.25) is 0 Å². The van der Waals surface area contributed by atoms with Crippen molar-refractivity contribution >= 4 is 33.7 Å². The zero-order valence-electron chi connectivity index (χ0n) is 14.5. The molecule has 0 atom stereocenters. The summed E-state index contributed by atoms with van der Waals surface area (Å²) < 4.78 is 25.3. The third kappa shape index (κ3) is 4.18. The third-order valence-electron chi connectivity index (χ3n) is 3.30. The Morgan fingerprint density at radius 3 is 2.56 bits per heavy atom. The molecule has 0 spiro atoms. The zero-order valence-corrected chi connectivity index (χ0v) is 15.4. The Bertz CT molecular complexity index is 932. The molecule has 25 heavy (non-hydrogen) atoms. The van der Waals surface area contributed by atoms with E-state index in [2.05, 4.69) is 25.8 Å². The number of carbonyl (C=O) groups excluding carboxylic acids is 1. The number of hydrogen-bond donors (Lipinski definition) is 1. The molecule has 1 heterocycles. The SMILES string of the molecule is Cc1c(C(=O)Nc2nnnn2C)ccc(S(C)(=O)=O)c1/N=C/N(C)C. The van der Waals surface area contributed by atoms with Gasteiger partial charge in [-0.2, -0.15) is 0 Å². The number of aryl methyl sites for hydroxylation is 1. The van der Waals surface area contributed by atoms with Crippen LogP contribution in [0.4, 0.5) is 11.6 Å². The quantitative estimate of drug-likeness (QED) is 0.601. The summed E-state index contributed by atoms with van der Waals surface area (Å²) in [4.78, 5) is 18.5. The van der Waals surface area contributed by atoms with Gasteiger partial charge in [-0.15, -0.1) is 0 Å². The van der Waals surface area contributed by atoms with Crippen LogP contribution in [-0.2, 0) is 16.9 Å². The van der Waals surface area contributed by atoms with Crippen molar-refractivity contribution in [3.05, 3.63) is 23.3 Å². The second-order valence-electron chi connectivity index (χ2n) is 5.65. The summed E-state index contributed by atoms with van der Waals surface area (Å²) in [6.45, 7) is 1.64. The topological polar surface area (TPSA) is 122 Å². The molecule has 2 aromatic rings. The molecule has 1 N–H and O–H groups in total. The largest absolute Gasteiger partial charge is 0.369 e. The summed E-state index contributed by atoms with van der Waals surface area (Å²) in [5.41, 5.74) is 0.940. The highest BCUT2D eigenvalue weighted by Gasteiger charge is 2.21. The van der Waals surface area contributed by atoms with E-state index in [1.165, 1.54) is 23.2 Å². The Balaban J connectivity index is 2.52. The first-order valence-corrected chi connectivity index (χ1v) is 9.08. The zero-order chi connectivity index (χ0) is 18.8. The molecule has 0 aliphatic rings. The van der Waals surface area contributed by atoms with Gasteiger partial charge >= 0.3 is 0 Å². The van der Waals surface area contributed by atoms with Gasteiger partial charge in [0.1, 0.15) is 0 Å². The standard InChI is InChI=1S/C14H19N7O3S/c1-9-10(13(22)16-14-17-18-19-21(14)4)6-7-11(25(5,23)24)12(9)15-8-20(2)3/h6-8H,1-5H3,(H,16,17,19,22)/b15-8+. The number of nitrogens with zero attached hydrogens (tertiary/aromatic N) is 6. The molecule has 0 unspecified atom stereocenters. The van der Waals surface area contributed by atoms with Crippen molar-refractivity contribution in [2.45, 2.75) is 11.8 Å². The van der Waals surface area contributed by atoms with E-state index in [0.717, 1.165) is 6.26 Å². The molecule has 1 aromatic carbocycles. The molecule has 0 fully saturated rings. The summed E-state index contributed by atoms with van der Waals surface area (Å²) >= 11 is 0. The van der Waals surface area contributed by atoms with Gasteiger partial charge in [-0.05, 0) is 35.0 Å². The Kier molecular flexibility index (Phi) is 5.16. The number of anilines is 1. The number of nitrogens with one attached hydrogen (secondary N) is 1. The van der Waals surface area contributed by atoms with Gasteiger partial charge in [0.15, 0.2) is 9.84 Å². The van der Waals surface area contributed by atoms with Gasteiger partial charge in [0, 0.05) is 33.0 Å². The van der Waals surface area contributed by atoms with Crippen molar-refractivity contribution in [1.29, 1.82) is 0 Å². The van der Waals surface area contributed by atoms with Crippen LogP contribution in [0.15, 0.2) is 22.0 Å². The fourth-order valence-corrected chi connectivity index (χ4v) is 2.93. The van der Waals surface area contributed by atoms with Crippen molar-refractivity contribution in [3.63, 3.8) is 0 Å². The Hall–Kier alpha value is -2.82. The lowest BCUT2D eigenvalue weighted by Crippen LogP contribution is -2.17. The lowest BCUT2D eigenvalue weighted by molar-refractivity contribution is 0.102. The van der Waals surface area contributed by atoms with E-state index < -0.39 is 15.7 Å². The van der Waals surface area contributed by atoms with Crippen LogP contribution in [0.1, 0.15) is 15.9 Å². The highest BCUT2D eigenvalue weighted by atomic mass is 32.2. The highest BCUT2D eigenvalue weighted by molar-refractivity contribution is 7.90. The van der Waals surface area contributed by atoms with Gasteiger partial charge in [0.2, 0.25) is 5.95 Å². The van der Waals surface area contributed by atoms with E-state index in [0.29, 0.717) is 5.56 Å². The van der Waals surface area contributed by atoms with Crippen molar-refractivity contribution in [1.82, 2.24) is 25.1 Å². The van der Waals surface area contributed by atoms with Crippen LogP contribution in [0.25, 0.3) is 0 Å². The van der Waals surface area contributed by atoms with Crippen molar-refractivity contribution in [2.24, 2.45) is 12.0 Å². The van der Waals surface area contributed by atoms with E-state index in [4.69, 9.17) is 0 Å². The molecule has 11 heteroatoms. The first-order chi connectivity index (χ1) is 11.6. The monoisotopic (exact) mass is 365 g/mol. The number of hydrogen-bond acceptors (Lipinski definition) is 7. The summed E-state index contributed by atoms with van der Waals surface area (Å²) in [5, 5.41) is 13.3. The van der Waals surface area contributed by atoms with Crippen LogP contribution >= 0.6 is 0 Å². The minimum atomic E-state index is -3.50. The van der Waals surface area contributed by atoms with Crippen LogP contribution in [0, 0.1) is 6.92 Å².